The number of methoxy groups -OCH3 is 3. The molecule has 1 heterocycles. The van der Waals surface area contributed by atoms with E-state index in [2.05, 4.69) is 22.3 Å². The Morgan fingerprint density at radius 2 is 1.79 bits per heavy atom. The second kappa shape index (κ2) is 9.87. The van der Waals surface area contributed by atoms with E-state index >= 15 is 0 Å². The molecule has 1 saturated heterocycles. The van der Waals surface area contributed by atoms with Gasteiger partial charge in [-0.2, -0.15) is 0 Å². The molecule has 6 nitrogen and oxygen atoms in total. The van der Waals surface area contributed by atoms with Gasteiger partial charge in [-0.15, -0.1) is 0 Å². The molecular weight excluding hydrogens is 368 g/mol. The zero-order chi connectivity index (χ0) is 20.6. The molecule has 0 unspecified atom stereocenters. The lowest BCUT2D eigenvalue weighted by Gasteiger charge is -2.26. The summed E-state index contributed by atoms with van der Waals surface area (Å²) in [6.45, 7) is 1.64. The van der Waals surface area contributed by atoms with Crippen molar-refractivity contribution in [3.63, 3.8) is 0 Å². The first-order valence-electron chi connectivity index (χ1n) is 9.74. The number of ether oxygens (including phenoxy) is 3. The van der Waals surface area contributed by atoms with Crippen LogP contribution in [-0.4, -0.2) is 46.4 Å². The van der Waals surface area contributed by atoms with E-state index < -0.39 is 0 Å². The molecule has 1 aliphatic heterocycles. The Morgan fingerprint density at radius 1 is 1.10 bits per heavy atom. The van der Waals surface area contributed by atoms with Crippen LogP contribution in [0.15, 0.2) is 48.5 Å². The molecule has 1 aliphatic rings. The van der Waals surface area contributed by atoms with E-state index in [1.165, 1.54) is 11.8 Å². The van der Waals surface area contributed by atoms with Crippen LogP contribution in [0.1, 0.15) is 18.4 Å². The van der Waals surface area contributed by atoms with E-state index in [0.29, 0.717) is 29.8 Å². The average molecular weight is 396 g/mol. The van der Waals surface area contributed by atoms with Gasteiger partial charge in [0.15, 0.2) is 11.5 Å². The summed E-state index contributed by atoms with van der Waals surface area (Å²) in [6, 6.07) is 14.3. The Hall–Kier alpha value is -3.15. The highest BCUT2D eigenvalue weighted by atomic mass is 16.5. The van der Waals surface area contributed by atoms with Gasteiger partial charge in [-0.05, 0) is 48.7 Å². The number of rotatable bonds is 8. The number of para-hydroxylation sites is 1. The highest BCUT2D eigenvalue weighted by molar-refractivity contribution is 5.92. The molecule has 0 radical (unpaired) electrons. The van der Waals surface area contributed by atoms with E-state index in [9.17, 15) is 4.79 Å². The van der Waals surface area contributed by atoms with Crippen LogP contribution in [0.2, 0.25) is 0 Å². The highest BCUT2D eigenvalue weighted by Crippen LogP contribution is 2.38. The van der Waals surface area contributed by atoms with Crippen molar-refractivity contribution in [1.29, 1.82) is 0 Å². The fourth-order valence-corrected chi connectivity index (χ4v) is 3.65. The van der Waals surface area contributed by atoms with Crippen LogP contribution < -0.4 is 24.4 Å². The van der Waals surface area contributed by atoms with E-state index in [-0.39, 0.29) is 5.91 Å². The maximum atomic E-state index is 12.3. The topological polar surface area (TPSA) is 60.0 Å². The number of anilines is 1. The number of benzene rings is 2. The third-order valence-corrected chi connectivity index (χ3v) is 5.09. The van der Waals surface area contributed by atoms with Crippen molar-refractivity contribution < 1.29 is 19.0 Å². The van der Waals surface area contributed by atoms with Crippen molar-refractivity contribution in [3.8, 4) is 17.2 Å². The molecule has 0 spiro atoms. The standard InChI is InChI=1S/C23H28N2O4/c1-27-20-14-17(15-21(28-2)23(20)29-3)11-12-22(26)24-16-19-10-7-13-25(19)18-8-5-4-6-9-18/h4-6,8-9,11-12,14-15,19H,7,10,13,16H2,1-3H3,(H,24,26)/b12-11+/t19-/m0/s1. The van der Waals surface area contributed by atoms with Crippen molar-refractivity contribution in [2.45, 2.75) is 18.9 Å². The van der Waals surface area contributed by atoms with Gasteiger partial charge in [0.2, 0.25) is 11.7 Å². The lowest BCUT2D eigenvalue weighted by molar-refractivity contribution is -0.116. The molecule has 1 fully saturated rings. The van der Waals surface area contributed by atoms with Gasteiger partial charge in [0.05, 0.1) is 21.3 Å². The van der Waals surface area contributed by atoms with Gasteiger partial charge in [0, 0.05) is 30.9 Å². The van der Waals surface area contributed by atoms with Gasteiger partial charge >= 0.3 is 0 Å². The maximum absolute atomic E-state index is 12.3. The first-order chi connectivity index (χ1) is 14.2. The molecule has 1 amide bonds. The summed E-state index contributed by atoms with van der Waals surface area (Å²) >= 11 is 0. The smallest absolute Gasteiger partial charge is 0.244 e. The number of amides is 1. The van der Waals surface area contributed by atoms with E-state index in [0.717, 1.165) is 24.9 Å². The summed E-state index contributed by atoms with van der Waals surface area (Å²) in [4.78, 5) is 14.7. The third kappa shape index (κ3) is 5.02. The summed E-state index contributed by atoms with van der Waals surface area (Å²) < 4.78 is 16.0. The second-order valence-electron chi connectivity index (χ2n) is 6.86. The van der Waals surface area contributed by atoms with Crippen LogP contribution in [0.5, 0.6) is 17.2 Å². The Morgan fingerprint density at radius 3 is 2.41 bits per heavy atom. The van der Waals surface area contributed by atoms with Crippen LogP contribution in [0.4, 0.5) is 5.69 Å². The molecule has 3 rings (SSSR count). The average Bonchev–Trinajstić information content (AvgIpc) is 3.24. The fraction of sp³-hybridized carbons (Fsp3) is 0.348. The van der Waals surface area contributed by atoms with Crippen molar-refractivity contribution >= 4 is 17.7 Å². The molecule has 2 aromatic carbocycles. The Balaban J connectivity index is 1.61. The zero-order valence-corrected chi connectivity index (χ0v) is 17.2. The summed E-state index contributed by atoms with van der Waals surface area (Å²) in [7, 11) is 4.69. The predicted molar refractivity (Wildman–Crippen MR) is 115 cm³/mol. The van der Waals surface area contributed by atoms with Gasteiger partial charge in [-0.1, -0.05) is 18.2 Å². The van der Waals surface area contributed by atoms with Crippen molar-refractivity contribution in [3.05, 3.63) is 54.1 Å². The minimum atomic E-state index is -0.126. The van der Waals surface area contributed by atoms with Crippen LogP contribution >= 0.6 is 0 Å². The summed E-state index contributed by atoms with van der Waals surface area (Å²) in [5.41, 5.74) is 2.00. The number of carbonyl (C=O) groups is 1. The fourth-order valence-electron chi connectivity index (χ4n) is 3.65. The molecule has 2 aromatic rings. The summed E-state index contributed by atoms with van der Waals surface area (Å²) in [5.74, 6) is 1.50. The van der Waals surface area contributed by atoms with Crippen molar-refractivity contribution in [1.82, 2.24) is 5.32 Å². The number of nitrogens with one attached hydrogen (secondary N) is 1. The van der Waals surface area contributed by atoms with Crippen LogP contribution in [0.25, 0.3) is 6.08 Å². The molecule has 1 atom stereocenters. The number of hydrogen-bond donors (Lipinski definition) is 1. The molecule has 0 saturated carbocycles. The Kier molecular flexibility index (Phi) is 7.00. The molecular formula is C23H28N2O4. The van der Waals surface area contributed by atoms with Crippen molar-refractivity contribution in [2.24, 2.45) is 0 Å². The van der Waals surface area contributed by atoms with Gasteiger partial charge in [-0.25, -0.2) is 0 Å². The molecule has 0 aromatic heterocycles. The molecule has 154 valence electrons. The first-order valence-corrected chi connectivity index (χ1v) is 9.74. The largest absolute Gasteiger partial charge is 0.493 e. The summed E-state index contributed by atoms with van der Waals surface area (Å²) in [6.07, 6.45) is 5.48. The lowest BCUT2D eigenvalue weighted by Crippen LogP contribution is -2.39. The van der Waals surface area contributed by atoms with Crippen LogP contribution in [0, 0.1) is 0 Å². The number of carbonyl (C=O) groups excluding carboxylic acids is 1. The highest BCUT2D eigenvalue weighted by Gasteiger charge is 2.24. The van der Waals surface area contributed by atoms with E-state index in [1.54, 1.807) is 39.5 Å². The van der Waals surface area contributed by atoms with Gasteiger partial charge < -0.3 is 24.4 Å². The molecule has 0 aliphatic carbocycles. The Bertz CT molecular complexity index is 826. The van der Waals surface area contributed by atoms with Crippen molar-refractivity contribution in [2.75, 3.05) is 39.3 Å². The second-order valence-corrected chi connectivity index (χ2v) is 6.86. The SMILES string of the molecule is COc1cc(/C=C/C(=O)NC[C@@H]2CCCN2c2ccccc2)cc(OC)c1OC. The third-order valence-electron chi connectivity index (χ3n) is 5.09. The molecule has 0 bridgehead atoms. The van der Waals surface area contributed by atoms with E-state index in [1.807, 2.05) is 18.2 Å². The Labute approximate surface area is 172 Å². The molecule has 6 heteroatoms. The van der Waals surface area contributed by atoms with Crippen LogP contribution in [0.3, 0.4) is 0 Å². The zero-order valence-electron chi connectivity index (χ0n) is 17.2. The monoisotopic (exact) mass is 396 g/mol. The molecule has 1 N–H and O–H groups in total. The number of nitrogens with zero attached hydrogens (tertiary/aromatic N) is 1. The predicted octanol–water partition coefficient (Wildman–Crippen LogP) is 3.51. The minimum Gasteiger partial charge on any atom is -0.493 e. The molecule has 29 heavy (non-hydrogen) atoms. The van der Waals surface area contributed by atoms with Gasteiger partial charge in [-0.3, -0.25) is 4.79 Å². The van der Waals surface area contributed by atoms with Gasteiger partial charge in [0.25, 0.3) is 0 Å². The maximum Gasteiger partial charge on any atom is 0.244 e. The lowest BCUT2D eigenvalue weighted by atomic mass is 10.1. The normalized spacial score (nSPS) is 16.1. The van der Waals surface area contributed by atoms with Crippen LogP contribution in [-0.2, 0) is 4.79 Å². The van der Waals surface area contributed by atoms with E-state index in [4.69, 9.17) is 14.2 Å². The summed E-state index contributed by atoms with van der Waals surface area (Å²) in [5, 5.41) is 3.02. The van der Waals surface area contributed by atoms with Gasteiger partial charge in [0.1, 0.15) is 0 Å². The minimum absolute atomic E-state index is 0.126. The quantitative estimate of drug-likeness (QED) is 0.692. The number of hydrogen-bond acceptors (Lipinski definition) is 5. The first kappa shape index (κ1) is 20.6.